The molecule has 0 amide bonds. The van der Waals surface area contributed by atoms with Crippen LogP contribution < -0.4 is 15.6 Å². The highest BCUT2D eigenvalue weighted by Crippen LogP contribution is 2.16. The van der Waals surface area contributed by atoms with Crippen LogP contribution >= 0.6 is 0 Å². The van der Waals surface area contributed by atoms with Crippen molar-refractivity contribution in [2.24, 2.45) is 0 Å². The Morgan fingerprint density at radius 2 is 2.38 bits per heavy atom. The molecular weight excluding hydrogens is 210 g/mol. The lowest BCUT2D eigenvalue weighted by molar-refractivity contribution is 0.0696. The van der Waals surface area contributed by atoms with Crippen LogP contribution in [0.5, 0.6) is 5.75 Å². The molecule has 0 bridgehead atoms. The second-order valence-corrected chi connectivity index (χ2v) is 3.82. The quantitative estimate of drug-likeness (QED) is 0.675. The largest absolute Gasteiger partial charge is 0.489 e. The van der Waals surface area contributed by atoms with Gasteiger partial charge in [0.05, 0.1) is 19.0 Å². The number of aromatic nitrogens is 2. The van der Waals surface area contributed by atoms with Crippen molar-refractivity contribution in [1.29, 1.82) is 0 Å². The van der Waals surface area contributed by atoms with E-state index in [0.717, 1.165) is 0 Å². The molecule has 0 spiro atoms. The Balaban J connectivity index is 2.82. The Morgan fingerprint density at radius 3 is 2.94 bits per heavy atom. The molecular formula is C10H17N3O3. The van der Waals surface area contributed by atoms with E-state index in [0.29, 0.717) is 18.8 Å². The van der Waals surface area contributed by atoms with Gasteiger partial charge in [0.15, 0.2) is 5.82 Å². The minimum Gasteiger partial charge on any atom is -0.489 e. The Kier molecular flexibility index (Phi) is 3.89. The number of aliphatic hydroxyl groups is 1. The van der Waals surface area contributed by atoms with Gasteiger partial charge >= 0.3 is 0 Å². The van der Waals surface area contributed by atoms with Crippen LogP contribution in [0, 0.1) is 0 Å². The van der Waals surface area contributed by atoms with Crippen LogP contribution in [0.1, 0.15) is 20.3 Å². The third-order valence-electron chi connectivity index (χ3n) is 2.41. The van der Waals surface area contributed by atoms with Crippen molar-refractivity contribution < 1.29 is 9.84 Å². The Hall–Kier alpha value is -1.56. The number of hydrogen-bond acceptors (Lipinski definition) is 5. The summed E-state index contributed by atoms with van der Waals surface area (Å²) in [4.78, 5) is 17.7. The summed E-state index contributed by atoms with van der Waals surface area (Å²) in [5.41, 5.74) is -1.19. The van der Waals surface area contributed by atoms with Crippen molar-refractivity contribution in [2.75, 3.05) is 19.0 Å². The first kappa shape index (κ1) is 12.5. The van der Waals surface area contributed by atoms with E-state index in [2.05, 4.69) is 15.3 Å². The standard InChI is InChI=1S/C10H17N3O3/c1-4-10(2,15)5-11-8-7(16-3)9(14)13-6-12-8/h6,15H,4-5H2,1-3H3,(H2,11,12,13,14). The lowest BCUT2D eigenvalue weighted by atomic mass is 10.0. The lowest BCUT2D eigenvalue weighted by Gasteiger charge is -2.22. The Labute approximate surface area is 93.7 Å². The molecule has 0 aliphatic rings. The number of rotatable bonds is 5. The third kappa shape index (κ3) is 2.96. The van der Waals surface area contributed by atoms with E-state index in [1.165, 1.54) is 13.4 Å². The van der Waals surface area contributed by atoms with Gasteiger partial charge in [-0.2, -0.15) is 0 Å². The van der Waals surface area contributed by atoms with Gasteiger partial charge < -0.3 is 20.1 Å². The highest BCUT2D eigenvalue weighted by atomic mass is 16.5. The summed E-state index contributed by atoms with van der Waals surface area (Å²) in [6.07, 6.45) is 1.89. The molecule has 0 radical (unpaired) electrons. The zero-order valence-electron chi connectivity index (χ0n) is 9.70. The van der Waals surface area contributed by atoms with E-state index >= 15 is 0 Å². The molecule has 1 unspecified atom stereocenters. The molecule has 6 heteroatoms. The van der Waals surface area contributed by atoms with Crippen molar-refractivity contribution in [3.8, 4) is 5.75 Å². The molecule has 1 atom stereocenters. The number of hydrogen-bond donors (Lipinski definition) is 3. The van der Waals surface area contributed by atoms with Crippen molar-refractivity contribution in [3.63, 3.8) is 0 Å². The summed E-state index contributed by atoms with van der Waals surface area (Å²) in [6.45, 7) is 3.89. The SMILES string of the molecule is CCC(C)(O)CNc1nc[nH]c(=O)c1OC. The first-order chi connectivity index (χ1) is 7.50. The van der Waals surface area contributed by atoms with Gasteiger partial charge in [0.25, 0.3) is 5.56 Å². The van der Waals surface area contributed by atoms with Gasteiger partial charge in [-0.05, 0) is 13.3 Å². The van der Waals surface area contributed by atoms with E-state index in [9.17, 15) is 9.90 Å². The van der Waals surface area contributed by atoms with E-state index in [1.54, 1.807) is 6.92 Å². The second-order valence-electron chi connectivity index (χ2n) is 3.82. The topological polar surface area (TPSA) is 87.2 Å². The van der Waals surface area contributed by atoms with Crippen LogP contribution in [0.4, 0.5) is 5.82 Å². The van der Waals surface area contributed by atoms with Crippen LogP contribution in [0.25, 0.3) is 0 Å². The summed E-state index contributed by atoms with van der Waals surface area (Å²) < 4.78 is 4.92. The number of nitrogens with zero attached hydrogens (tertiary/aromatic N) is 1. The van der Waals surface area contributed by atoms with Crippen molar-refractivity contribution in [3.05, 3.63) is 16.7 Å². The smallest absolute Gasteiger partial charge is 0.295 e. The molecule has 0 fully saturated rings. The number of aromatic amines is 1. The fourth-order valence-corrected chi connectivity index (χ4v) is 1.10. The number of methoxy groups -OCH3 is 1. The van der Waals surface area contributed by atoms with Gasteiger partial charge in [0, 0.05) is 6.54 Å². The van der Waals surface area contributed by atoms with Crippen molar-refractivity contribution in [2.45, 2.75) is 25.9 Å². The number of ether oxygens (including phenoxy) is 1. The Bertz CT molecular complexity index is 401. The summed E-state index contributed by atoms with van der Waals surface area (Å²) in [6, 6.07) is 0. The minimum atomic E-state index is -0.838. The zero-order chi connectivity index (χ0) is 12.2. The van der Waals surface area contributed by atoms with Crippen LogP contribution in [0.2, 0.25) is 0 Å². The average molecular weight is 227 g/mol. The maximum atomic E-state index is 11.3. The molecule has 0 saturated heterocycles. The molecule has 16 heavy (non-hydrogen) atoms. The van der Waals surface area contributed by atoms with Crippen molar-refractivity contribution >= 4 is 5.82 Å². The fourth-order valence-electron chi connectivity index (χ4n) is 1.10. The van der Waals surface area contributed by atoms with Gasteiger partial charge in [-0.3, -0.25) is 4.79 Å². The van der Waals surface area contributed by atoms with Gasteiger partial charge in [0.1, 0.15) is 0 Å². The van der Waals surface area contributed by atoms with Gasteiger partial charge in [-0.15, -0.1) is 0 Å². The van der Waals surface area contributed by atoms with Crippen molar-refractivity contribution in [1.82, 2.24) is 9.97 Å². The van der Waals surface area contributed by atoms with Crippen LogP contribution in [0.15, 0.2) is 11.1 Å². The molecule has 0 saturated carbocycles. The first-order valence-electron chi connectivity index (χ1n) is 5.08. The molecule has 1 aromatic rings. The van der Waals surface area contributed by atoms with Crippen LogP contribution in [-0.2, 0) is 0 Å². The molecule has 1 heterocycles. The van der Waals surface area contributed by atoms with Crippen LogP contribution in [-0.4, -0.2) is 34.3 Å². The second kappa shape index (κ2) is 4.98. The third-order valence-corrected chi connectivity index (χ3v) is 2.41. The number of anilines is 1. The van der Waals surface area contributed by atoms with Gasteiger partial charge in [0.2, 0.25) is 5.75 Å². The maximum absolute atomic E-state index is 11.3. The number of H-pyrrole nitrogens is 1. The van der Waals surface area contributed by atoms with Gasteiger partial charge in [-0.1, -0.05) is 6.92 Å². The molecule has 1 rings (SSSR count). The molecule has 0 aliphatic carbocycles. The summed E-state index contributed by atoms with van der Waals surface area (Å²) in [5.74, 6) is 0.453. The van der Waals surface area contributed by atoms with E-state index in [4.69, 9.17) is 4.74 Å². The lowest BCUT2D eigenvalue weighted by Crippen LogP contribution is -2.33. The molecule has 6 nitrogen and oxygen atoms in total. The molecule has 0 aliphatic heterocycles. The average Bonchev–Trinajstić information content (AvgIpc) is 2.26. The van der Waals surface area contributed by atoms with E-state index in [-0.39, 0.29) is 11.3 Å². The minimum absolute atomic E-state index is 0.120. The van der Waals surface area contributed by atoms with Crippen LogP contribution in [0.3, 0.4) is 0 Å². The zero-order valence-corrected chi connectivity index (χ0v) is 9.70. The summed E-state index contributed by atoms with van der Waals surface area (Å²) in [5, 5.41) is 12.7. The predicted molar refractivity (Wildman–Crippen MR) is 60.8 cm³/mol. The van der Waals surface area contributed by atoms with Gasteiger partial charge in [-0.25, -0.2) is 4.98 Å². The first-order valence-corrected chi connectivity index (χ1v) is 5.08. The monoisotopic (exact) mass is 227 g/mol. The highest BCUT2D eigenvalue weighted by molar-refractivity contribution is 5.47. The Morgan fingerprint density at radius 1 is 1.69 bits per heavy atom. The molecule has 0 aromatic carbocycles. The summed E-state index contributed by atoms with van der Waals surface area (Å²) in [7, 11) is 1.40. The summed E-state index contributed by atoms with van der Waals surface area (Å²) >= 11 is 0. The predicted octanol–water partition coefficient (Wildman–Crippen LogP) is 0.351. The highest BCUT2D eigenvalue weighted by Gasteiger charge is 2.18. The van der Waals surface area contributed by atoms with E-state index < -0.39 is 5.60 Å². The fraction of sp³-hybridized carbons (Fsp3) is 0.600. The maximum Gasteiger partial charge on any atom is 0.295 e. The van der Waals surface area contributed by atoms with E-state index in [1.807, 2.05) is 6.92 Å². The molecule has 1 aromatic heterocycles. The normalized spacial score (nSPS) is 14.2. The molecule has 90 valence electrons. The number of nitrogens with one attached hydrogen (secondary N) is 2. The molecule has 3 N–H and O–H groups in total.